The van der Waals surface area contributed by atoms with Crippen LogP contribution in [0.1, 0.15) is 13.8 Å². The molecule has 0 aromatic heterocycles. The van der Waals surface area contributed by atoms with Crippen LogP contribution in [0.2, 0.25) is 0 Å². The Kier molecular flexibility index (Phi) is 131. The molecule has 5 nitrogen and oxygen atoms in total. The van der Waals surface area contributed by atoms with E-state index in [4.69, 9.17) is 0 Å². The molecule has 0 aliphatic heterocycles. The fourth-order valence-electron chi connectivity index (χ4n) is 0.256. The summed E-state index contributed by atoms with van der Waals surface area (Å²) in [6.45, 7) is 2.06. The first-order chi connectivity index (χ1) is 4.52. The molecule has 13 heteroatoms. The topological polar surface area (TPSA) is 69.7 Å². The summed E-state index contributed by atoms with van der Waals surface area (Å²) in [5.41, 5.74) is 0. The molecule has 0 aromatic carbocycles. The minimum atomic E-state index is -1.29. The van der Waals surface area contributed by atoms with Gasteiger partial charge in [-0.25, -0.2) is 4.79 Å². The van der Waals surface area contributed by atoms with E-state index >= 15 is 0 Å². The quantitative estimate of drug-likeness (QED) is 0.217. The Bertz CT molecular complexity index is 177. The van der Waals surface area contributed by atoms with E-state index < -0.39 is 18.1 Å². The molecule has 0 bridgehead atoms. The van der Waals surface area contributed by atoms with Gasteiger partial charge in [-0.15, -0.1) is 0 Å². The molecule has 0 aromatic rings. The molecule has 0 spiro atoms. The molecule has 18 heavy (non-hydrogen) atoms. The first-order valence-corrected chi connectivity index (χ1v) is 2.43. The molecule has 0 amide bonds. The standard InChI is InChI=1S/C5H6O5.6K.2Na.8H/c1-3(6)9-5(8)10-4(2)7;;;;;;;;;;;;;;;;/h1-2H3;;;;;;;;;;;;;;;;. The van der Waals surface area contributed by atoms with Crippen LogP contribution in [0.4, 0.5) is 4.79 Å². The van der Waals surface area contributed by atoms with Gasteiger partial charge in [-0.1, -0.05) is 0 Å². The van der Waals surface area contributed by atoms with Gasteiger partial charge in [0.1, 0.15) is 0 Å². The van der Waals surface area contributed by atoms with Crippen LogP contribution in [0.5, 0.6) is 0 Å². The third-order valence-corrected chi connectivity index (χ3v) is 0.454. The van der Waals surface area contributed by atoms with Crippen LogP contribution in [0.25, 0.3) is 0 Å². The van der Waals surface area contributed by atoms with Crippen LogP contribution in [0.15, 0.2) is 0 Å². The summed E-state index contributed by atoms with van der Waals surface area (Å²) >= 11 is 0. The zero-order valence-corrected chi connectivity index (χ0v) is 5.54. The van der Waals surface area contributed by atoms with E-state index in [2.05, 4.69) is 9.47 Å². The molecule has 0 atom stereocenters. The van der Waals surface area contributed by atoms with Crippen molar-refractivity contribution >= 4 is 386 Å². The van der Waals surface area contributed by atoms with Gasteiger partial charge in [0, 0.05) is 13.8 Å². The summed E-state index contributed by atoms with van der Waals surface area (Å²) in [5, 5.41) is 0. The Morgan fingerprint density at radius 1 is 0.611 bits per heavy atom. The van der Waals surface area contributed by atoms with Gasteiger partial charge in [-0.2, -0.15) is 0 Å². The number of ether oxygens (including phenoxy) is 2. The average Bonchev–Trinajstić information content (AvgIpc) is 1.58. The second-order valence-corrected chi connectivity index (χ2v) is 1.44. The first kappa shape index (κ1) is 56.7. The maximum atomic E-state index is 10.2. The van der Waals surface area contributed by atoms with Crippen molar-refractivity contribution in [3.63, 3.8) is 0 Å². The first-order valence-electron chi connectivity index (χ1n) is 2.43. The zero-order chi connectivity index (χ0) is 8.15. The van der Waals surface area contributed by atoms with E-state index in [-0.39, 0.29) is 367 Å². The summed E-state index contributed by atoms with van der Waals surface area (Å²) in [4.78, 5) is 30.2. The Morgan fingerprint density at radius 2 is 0.778 bits per heavy atom. The van der Waals surface area contributed by atoms with Gasteiger partial charge in [-0.05, 0) is 0 Å². The van der Waals surface area contributed by atoms with Crippen LogP contribution in [0, 0.1) is 0 Å². The monoisotopic (exact) mass is 434 g/mol. The van der Waals surface area contributed by atoms with E-state index in [1.54, 1.807) is 0 Å². The molecule has 0 unspecified atom stereocenters. The van der Waals surface area contributed by atoms with Gasteiger partial charge in [0.2, 0.25) is 0 Å². The van der Waals surface area contributed by atoms with E-state index in [9.17, 15) is 14.4 Å². The number of carbonyl (C=O) groups is 3. The second kappa shape index (κ2) is 41.7. The number of hydrogen-bond donors (Lipinski definition) is 0. The van der Waals surface area contributed by atoms with Gasteiger partial charge in [0.05, 0.1) is 0 Å². The van der Waals surface area contributed by atoms with E-state index in [0.29, 0.717) is 0 Å². The molecule has 0 aliphatic rings. The third-order valence-electron chi connectivity index (χ3n) is 0.454. The van der Waals surface area contributed by atoms with Crippen LogP contribution in [0.3, 0.4) is 0 Å². The molecule has 0 aliphatic carbocycles. The van der Waals surface area contributed by atoms with Crippen molar-refractivity contribution in [2.45, 2.75) is 13.8 Å². The van der Waals surface area contributed by atoms with Crippen molar-refractivity contribution in [1.29, 1.82) is 0 Å². The fraction of sp³-hybridized carbons (Fsp3) is 0.400. The van der Waals surface area contributed by atoms with Gasteiger partial charge in [0.25, 0.3) is 0 Å². The predicted octanol–water partition coefficient (Wildman–Crippen LogP) is -4.96. The predicted molar refractivity (Wildman–Crippen MR) is 86.1 cm³/mol. The molecule has 0 saturated heterocycles. The summed E-state index contributed by atoms with van der Waals surface area (Å²) in [5.74, 6) is -1.63. The van der Waals surface area contributed by atoms with Gasteiger partial charge >= 0.3 is 386 Å². The average molecular weight is 435 g/mol. The molecule has 0 N–H and O–H groups in total. The Hall–Kier alpha value is 10.4. The molecule has 0 fully saturated rings. The number of hydrogen-bond acceptors (Lipinski definition) is 5. The zero-order valence-electron chi connectivity index (χ0n) is 5.54. The summed E-state index contributed by atoms with van der Waals surface area (Å²) in [6.07, 6.45) is -1.29. The van der Waals surface area contributed by atoms with Crippen molar-refractivity contribution in [3.05, 3.63) is 0 Å². The molecule has 0 rings (SSSR count). The van der Waals surface area contributed by atoms with Crippen molar-refractivity contribution in [3.8, 4) is 0 Å². The van der Waals surface area contributed by atoms with E-state index in [0.717, 1.165) is 13.8 Å². The number of esters is 2. The number of rotatable bonds is 0. The van der Waals surface area contributed by atoms with Gasteiger partial charge in [0.15, 0.2) is 0 Å². The van der Waals surface area contributed by atoms with Crippen molar-refractivity contribution in [1.82, 2.24) is 0 Å². The maximum absolute atomic E-state index is 10.2. The molecule has 0 radical (unpaired) electrons. The normalized spacial score (nSPS) is 4.56. The van der Waals surface area contributed by atoms with Crippen molar-refractivity contribution < 1.29 is 23.9 Å². The Balaban J connectivity index is -0.0000000145. The summed E-state index contributed by atoms with van der Waals surface area (Å²) in [7, 11) is 0. The summed E-state index contributed by atoms with van der Waals surface area (Å²) in [6, 6.07) is 0. The van der Waals surface area contributed by atoms with Crippen LogP contribution < -0.4 is 0 Å². The molecule has 0 heterocycles. The number of carbonyl (C=O) groups excluding carboxylic acids is 3. The van der Waals surface area contributed by atoms with Crippen molar-refractivity contribution in [2.24, 2.45) is 0 Å². The molecule has 72 valence electrons. The minimum absolute atomic E-state index is 0. The molecular weight excluding hydrogens is 421 g/mol. The molecule has 0 saturated carbocycles. The fourth-order valence-corrected chi connectivity index (χ4v) is 0.256. The Morgan fingerprint density at radius 3 is 0.889 bits per heavy atom. The van der Waals surface area contributed by atoms with Crippen LogP contribution >= 0.6 is 0 Å². The molecular formula is C5H14K6Na2O5. The second-order valence-electron chi connectivity index (χ2n) is 1.44. The Labute approximate surface area is 407 Å². The van der Waals surface area contributed by atoms with Crippen LogP contribution in [-0.2, 0) is 19.1 Å². The van der Waals surface area contributed by atoms with Crippen molar-refractivity contribution in [2.75, 3.05) is 0 Å². The SMILES string of the molecule is CC(=O)OC(=O)OC(C)=O.[KH].[KH].[KH].[KH].[KH].[KH].[NaH].[NaH]. The van der Waals surface area contributed by atoms with Gasteiger partial charge in [-0.3, -0.25) is 9.59 Å². The third kappa shape index (κ3) is 50.3. The van der Waals surface area contributed by atoms with E-state index in [1.165, 1.54) is 0 Å². The van der Waals surface area contributed by atoms with Gasteiger partial charge < -0.3 is 9.47 Å². The van der Waals surface area contributed by atoms with E-state index in [1.807, 2.05) is 0 Å². The van der Waals surface area contributed by atoms with Crippen LogP contribution in [-0.4, -0.2) is 386 Å². The summed E-state index contributed by atoms with van der Waals surface area (Å²) < 4.78 is 7.68.